The molecule has 0 bridgehead atoms. The van der Waals surface area contributed by atoms with E-state index < -0.39 is 0 Å². The quantitative estimate of drug-likeness (QED) is 0.271. The Labute approximate surface area is 169 Å². The average molecular weight is 460 g/mol. The molecule has 3 N–H and O–H groups in total. The highest BCUT2D eigenvalue weighted by molar-refractivity contribution is 14.0. The zero-order chi connectivity index (χ0) is 17.2. The van der Waals surface area contributed by atoms with E-state index in [2.05, 4.69) is 59.4 Å². The van der Waals surface area contributed by atoms with Crippen LogP contribution in [0.25, 0.3) is 0 Å². The van der Waals surface area contributed by atoms with E-state index in [1.165, 1.54) is 5.56 Å². The molecule has 1 heterocycles. The minimum Gasteiger partial charge on any atom is -0.379 e. The van der Waals surface area contributed by atoms with Gasteiger partial charge in [-0.05, 0) is 24.4 Å². The number of nitrogens with zero attached hydrogens (tertiary/aromatic N) is 2. The van der Waals surface area contributed by atoms with Gasteiger partial charge in [0.1, 0.15) is 0 Å². The van der Waals surface area contributed by atoms with Crippen LogP contribution in [0.2, 0.25) is 0 Å². The van der Waals surface area contributed by atoms with Crippen LogP contribution in [0.4, 0.5) is 0 Å². The number of aliphatic imine (C=N–C) groups is 1. The molecular formula is C19H33IN4O. The molecule has 1 aliphatic heterocycles. The van der Waals surface area contributed by atoms with E-state index in [4.69, 9.17) is 10.5 Å². The van der Waals surface area contributed by atoms with E-state index >= 15 is 0 Å². The molecule has 6 heteroatoms. The maximum absolute atomic E-state index is 6.02. The Morgan fingerprint density at radius 3 is 2.56 bits per heavy atom. The number of hydrogen-bond acceptors (Lipinski definition) is 3. The lowest BCUT2D eigenvalue weighted by atomic mass is 9.88. The summed E-state index contributed by atoms with van der Waals surface area (Å²) in [6.07, 6.45) is 1.07. The highest BCUT2D eigenvalue weighted by Gasteiger charge is 2.15. The molecular weight excluding hydrogens is 427 g/mol. The topological polar surface area (TPSA) is 62.9 Å². The number of morpholine rings is 1. The number of rotatable bonds is 8. The Kier molecular flexibility index (Phi) is 11.1. The fourth-order valence-electron chi connectivity index (χ4n) is 3.00. The van der Waals surface area contributed by atoms with Gasteiger partial charge >= 0.3 is 0 Å². The lowest BCUT2D eigenvalue weighted by Gasteiger charge is -2.26. The van der Waals surface area contributed by atoms with Crippen molar-refractivity contribution in [2.75, 3.05) is 45.9 Å². The molecule has 0 saturated carbocycles. The van der Waals surface area contributed by atoms with Crippen LogP contribution < -0.4 is 11.1 Å². The van der Waals surface area contributed by atoms with Crippen molar-refractivity contribution in [3.63, 3.8) is 0 Å². The van der Waals surface area contributed by atoms with Gasteiger partial charge in [-0.2, -0.15) is 0 Å². The van der Waals surface area contributed by atoms with Gasteiger partial charge in [0.15, 0.2) is 5.96 Å². The summed E-state index contributed by atoms with van der Waals surface area (Å²) in [6, 6.07) is 10.6. The number of nitrogens with one attached hydrogen (secondary N) is 1. The molecule has 2 rings (SSSR count). The van der Waals surface area contributed by atoms with Crippen molar-refractivity contribution < 1.29 is 4.74 Å². The molecule has 5 nitrogen and oxygen atoms in total. The van der Waals surface area contributed by atoms with Crippen LogP contribution in [-0.2, 0) is 4.74 Å². The van der Waals surface area contributed by atoms with E-state index in [1.807, 2.05) is 0 Å². The maximum atomic E-state index is 6.02. The van der Waals surface area contributed by atoms with Crippen molar-refractivity contribution in [1.29, 1.82) is 0 Å². The molecule has 0 aliphatic carbocycles. The van der Waals surface area contributed by atoms with Crippen LogP contribution >= 0.6 is 24.0 Å². The van der Waals surface area contributed by atoms with Gasteiger partial charge in [0.2, 0.25) is 0 Å². The zero-order valence-electron chi connectivity index (χ0n) is 15.5. The number of guanidine groups is 1. The van der Waals surface area contributed by atoms with Crippen LogP contribution in [-0.4, -0.2) is 56.8 Å². The minimum absolute atomic E-state index is 0. The van der Waals surface area contributed by atoms with Crippen molar-refractivity contribution in [3.8, 4) is 0 Å². The molecule has 1 atom stereocenters. The molecule has 1 aliphatic rings. The van der Waals surface area contributed by atoms with E-state index in [0.29, 0.717) is 17.8 Å². The summed E-state index contributed by atoms with van der Waals surface area (Å²) in [6.45, 7) is 10.9. The smallest absolute Gasteiger partial charge is 0.188 e. The first-order chi connectivity index (χ1) is 11.7. The van der Waals surface area contributed by atoms with Gasteiger partial charge in [0.25, 0.3) is 0 Å². The Hall–Kier alpha value is -0.860. The second kappa shape index (κ2) is 12.5. The van der Waals surface area contributed by atoms with E-state index in [1.54, 1.807) is 0 Å². The van der Waals surface area contributed by atoms with E-state index in [0.717, 1.165) is 52.4 Å². The molecule has 1 fully saturated rings. The van der Waals surface area contributed by atoms with Gasteiger partial charge in [-0.1, -0.05) is 44.2 Å². The summed E-state index contributed by atoms with van der Waals surface area (Å²) in [4.78, 5) is 6.99. The Morgan fingerprint density at radius 1 is 1.24 bits per heavy atom. The molecule has 25 heavy (non-hydrogen) atoms. The first kappa shape index (κ1) is 22.2. The number of ether oxygens (including phenoxy) is 1. The number of benzene rings is 1. The van der Waals surface area contributed by atoms with Crippen LogP contribution in [0.15, 0.2) is 35.3 Å². The molecule has 0 amide bonds. The molecule has 0 aromatic heterocycles. The summed E-state index contributed by atoms with van der Waals surface area (Å²) in [5, 5.41) is 3.24. The molecule has 0 spiro atoms. The monoisotopic (exact) mass is 460 g/mol. The van der Waals surface area contributed by atoms with Gasteiger partial charge in [0, 0.05) is 32.1 Å². The standard InChI is InChI=1S/C19H32N4O.HI/c1-16(2)18(17-7-4-3-5-8-17)15-22-19(20)21-9-6-10-23-11-13-24-14-12-23;/h3-5,7-8,16,18H,6,9-15H2,1-2H3,(H3,20,21,22);1H. The van der Waals surface area contributed by atoms with Crippen molar-refractivity contribution in [1.82, 2.24) is 10.2 Å². The summed E-state index contributed by atoms with van der Waals surface area (Å²) >= 11 is 0. The normalized spacial score (nSPS) is 17.2. The maximum Gasteiger partial charge on any atom is 0.188 e. The predicted octanol–water partition coefficient (Wildman–Crippen LogP) is 2.67. The number of hydrogen-bond donors (Lipinski definition) is 2. The molecule has 0 radical (unpaired) electrons. The fourth-order valence-corrected chi connectivity index (χ4v) is 3.00. The van der Waals surface area contributed by atoms with Crippen molar-refractivity contribution in [3.05, 3.63) is 35.9 Å². The predicted molar refractivity (Wildman–Crippen MR) is 116 cm³/mol. The fraction of sp³-hybridized carbons (Fsp3) is 0.632. The summed E-state index contributed by atoms with van der Waals surface area (Å²) in [5.74, 6) is 1.49. The molecule has 1 aromatic carbocycles. The second-order valence-electron chi connectivity index (χ2n) is 6.72. The number of halogens is 1. The Balaban J connectivity index is 0.00000312. The van der Waals surface area contributed by atoms with Crippen molar-refractivity contribution in [2.24, 2.45) is 16.6 Å². The van der Waals surface area contributed by atoms with E-state index in [9.17, 15) is 0 Å². The molecule has 1 saturated heterocycles. The van der Waals surface area contributed by atoms with Crippen LogP contribution in [0, 0.1) is 5.92 Å². The first-order valence-electron chi connectivity index (χ1n) is 9.05. The van der Waals surface area contributed by atoms with Crippen molar-refractivity contribution in [2.45, 2.75) is 26.2 Å². The minimum atomic E-state index is 0. The van der Waals surface area contributed by atoms with Gasteiger partial charge in [0.05, 0.1) is 13.2 Å². The second-order valence-corrected chi connectivity index (χ2v) is 6.72. The third kappa shape index (κ3) is 8.37. The SMILES string of the molecule is CC(C)C(CN=C(N)NCCCN1CCOCC1)c1ccccc1.I. The molecule has 1 unspecified atom stereocenters. The molecule has 1 aromatic rings. The highest BCUT2D eigenvalue weighted by Crippen LogP contribution is 2.24. The zero-order valence-corrected chi connectivity index (χ0v) is 17.8. The third-order valence-corrected chi connectivity index (χ3v) is 4.55. The summed E-state index contributed by atoms with van der Waals surface area (Å²) in [7, 11) is 0. The lowest BCUT2D eigenvalue weighted by molar-refractivity contribution is 0.0376. The van der Waals surface area contributed by atoms with Gasteiger partial charge < -0.3 is 15.8 Å². The van der Waals surface area contributed by atoms with Crippen LogP contribution in [0.5, 0.6) is 0 Å². The summed E-state index contributed by atoms with van der Waals surface area (Å²) in [5.41, 5.74) is 7.35. The highest BCUT2D eigenvalue weighted by atomic mass is 127. The lowest BCUT2D eigenvalue weighted by Crippen LogP contribution is -2.39. The van der Waals surface area contributed by atoms with Gasteiger partial charge in [-0.3, -0.25) is 9.89 Å². The Morgan fingerprint density at radius 2 is 1.92 bits per heavy atom. The van der Waals surface area contributed by atoms with Gasteiger partial charge in [-0.15, -0.1) is 24.0 Å². The molecule has 142 valence electrons. The van der Waals surface area contributed by atoms with Crippen LogP contribution in [0.3, 0.4) is 0 Å². The van der Waals surface area contributed by atoms with Crippen LogP contribution in [0.1, 0.15) is 31.7 Å². The first-order valence-corrected chi connectivity index (χ1v) is 9.05. The van der Waals surface area contributed by atoms with E-state index in [-0.39, 0.29) is 24.0 Å². The summed E-state index contributed by atoms with van der Waals surface area (Å²) < 4.78 is 5.36. The third-order valence-electron chi connectivity index (χ3n) is 4.55. The Bertz CT molecular complexity index is 489. The van der Waals surface area contributed by atoms with Crippen molar-refractivity contribution >= 4 is 29.9 Å². The number of nitrogens with two attached hydrogens (primary N) is 1. The average Bonchev–Trinajstić information content (AvgIpc) is 2.60. The van der Waals surface area contributed by atoms with Gasteiger partial charge in [-0.25, -0.2) is 0 Å². The largest absolute Gasteiger partial charge is 0.379 e.